The molecule has 1 saturated heterocycles. The first-order valence-corrected chi connectivity index (χ1v) is 7.01. The monoisotopic (exact) mass is 296 g/mol. The minimum Gasteiger partial charge on any atom is -0.374 e. The van der Waals surface area contributed by atoms with Crippen molar-refractivity contribution in [2.75, 3.05) is 26.2 Å². The van der Waals surface area contributed by atoms with Crippen molar-refractivity contribution in [3.8, 4) is 0 Å². The maximum atomic E-state index is 5.65. The van der Waals surface area contributed by atoms with Gasteiger partial charge in [-0.3, -0.25) is 4.98 Å². The Hall–Kier alpha value is -0.450. The van der Waals surface area contributed by atoms with Crippen LogP contribution >= 0.6 is 15.9 Å². The maximum Gasteiger partial charge on any atom is 0.0888 e. The highest BCUT2D eigenvalue weighted by molar-refractivity contribution is 9.10. The Morgan fingerprint density at radius 3 is 2.88 bits per heavy atom. The van der Waals surface area contributed by atoms with Gasteiger partial charge in [0.25, 0.3) is 0 Å². The topological polar surface area (TPSA) is 25.4 Å². The fourth-order valence-corrected chi connectivity index (χ4v) is 2.77. The third-order valence-electron chi connectivity index (χ3n) is 3.64. The first-order chi connectivity index (χ1) is 8.31. The lowest BCUT2D eigenvalue weighted by Gasteiger charge is -2.16. The van der Waals surface area contributed by atoms with Gasteiger partial charge >= 0.3 is 0 Å². The van der Waals surface area contributed by atoms with Crippen molar-refractivity contribution in [3.05, 3.63) is 28.5 Å². The molecule has 1 aromatic rings. The van der Waals surface area contributed by atoms with Crippen LogP contribution < -0.4 is 0 Å². The van der Waals surface area contributed by atoms with Gasteiger partial charge in [0, 0.05) is 30.3 Å². The summed E-state index contributed by atoms with van der Waals surface area (Å²) in [6.45, 7) is 5.10. The van der Waals surface area contributed by atoms with E-state index in [-0.39, 0.29) is 0 Å². The third-order valence-corrected chi connectivity index (χ3v) is 4.11. The third kappa shape index (κ3) is 3.06. The highest BCUT2D eigenvalue weighted by Crippen LogP contribution is 2.44. The molecule has 3 nitrogen and oxygen atoms in total. The molecule has 0 amide bonds. The summed E-state index contributed by atoms with van der Waals surface area (Å²) in [7, 11) is 0. The lowest BCUT2D eigenvalue weighted by molar-refractivity contribution is 0.0941. The first kappa shape index (κ1) is 11.6. The summed E-state index contributed by atoms with van der Waals surface area (Å²) >= 11 is 3.37. The molecule has 2 fully saturated rings. The van der Waals surface area contributed by atoms with Crippen molar-refractivity contribution in [1.29, 1.82) is 0 Å². The van der Waals surface area contributed by atoms with Crippen molar-refractivity contribution in [2.24, 2.45) is 11.8 Å². The van der Waals surface area contributed by atoms with Crippen LogP contribution in [0.15, 0.2) is 22.8 Å². The van der Waals surface area contributed by atoms with Gasteiger partial charge in [0.2, 0.25) is 0 Å². The van der Waals surface area contributed by atoms with Crippen molar-refractivity contribution in [2.45, 2.75) is 13.0 Å². The molecule has 0 spiro atoms. The molecular weight excluding hydrogens is 280 g/mol. The SMILES string of the molecule is Brc1ccc(COCCN2CC3CC3C2)nc1. The summed E-state index contributed by atoms with van der Waals surface area (Å²) < 4.78 is 6.66. The number of ether oxygens (including phenoxy) is 1. The van der Waals surface area contributed by atoms with Crippen LogP contribution in [0.4, 0.5) is 0 Å². The summed E-state index contributed by atoms with van der Waals surface area (Å²) in [6.07, 6.45) is 3.28. The molecule has 3 rings (SSSR count). The van der Waals surface area contributed by atoms with E-state index in [4.69, 9.17) is 4.74 Å². The number of fused-ring (bicyclic) bond motifs is 1. The number of hydrogen-bond acceptors (Lipinski definition) is 3. The van der Waals surface area contributed by atoms with E-state index in [2.05, 4.69) is 25.8 Å². The van der Waals surface area contributed by atoms with E-state index in [9.17, 15) is 0 Å². The quantitative estimate of drug-likeness (QED) is 0.780. The Morgan fingerprint density at radius 2 is 2.18 bits per heavy atom. The van der Waals surface area contributed by atoms with Gasteiger partial charge in [-0.15, -0.1) is 0 Å². The van der Waals surface area contributed by atoms with E-state index < -0.39 is 0 Å². The number of rotatable bonds is 5. The molecule has 1 aromatic heterocycles. The summed E-state index contributed by atoms with van der Waals surface area (Å²) in [4.78, 5) is 6.80. The van der Waals surface area contributed by atoms with Gasteiger partial charge in [0.05, 0.1) is 18.9 Å². The molecule has 1 aliphatic carbocycles. The van der Waals surface area contributed by atoms with Crippen molar-refractivity contribution >= 4 is 15.9 Å². The smallest absolute Gasteiger partial charge is 0.0888 e. The molecule has 2 unspecified atom stereocenters. The van der Waals surface area contributed by atoms with Crippen LogP contribution in [0, 0.1) is 11.8 Å². The second kappa shape index (κ2) is 5.04. The molecule has 0 aromatic carbocycles. The Labute approximate surface area is 110 Å². The summed E-state index contributed by atoms with van der Waals surface area (Å²) in [5.74, 6) is 2.03. The molecule has 17 heavy (non-hydrogen) atoms. The Kier molecular flexibility index (Phi) is 3.45. The van der Waals surface area contributed by atoms with Gasteiger partial charge in [-0.05, 0) is 46.3 Å². The average Bonchev–Trinajstić information content (AvgIpc) is 2.95. The Bertz CT molecular complexity index is 372. The fraction of sp³-hybridized carbons (Fsp3) is 0.615. The number of nitrogens with zero attached hydrogens (tertiary/aromatic N) is 2. The number of hydrogen-bond donors (Lipinski definition) is 0. The molecule has 0 bridgehead atoms. The number of likely N-dealkylation sites (tertiary alicyclic amines) is 1. The van der Waals surface area contributed by atoms with Crippen LogP contribution in [0.5, 0.6) is 0 Å². The van der Waals surface area contributed by atoms with E-state index in [0.717, 1.165) is 35.2 Å². The molecule has 0 radical (unpaired) electrons. The molecule has 1 saturated carbocycles. The minimum absolute atomic E-state index is 0.619. The van der Waals surface area contributed by atoms with Crippen LogP contribution in [0.3, 0.4) is 0 Å². The first-order valence-electron chi connectivity index (χ1n) is 6.22. The summed E-state index contributed by atoms with van der Waals surface area (Å²) in [5, 5.41) is 0. The fourth-order valence-electron chi connectivity index (χ4n) is 2.54. The van der Waals surface area contributed by atoms with Gasteiger partial charge in [-0.2, -0.15) is 0 Å². The lowest BCUT2D eigenvalue weighted by atomic mass is 10.4. The van der Waals surface area contributed by atoms with Gasteiger partial charge in [-0.1, -0.05) is 0 Å². The van der Waals surface area contributed by atoms with Crippen molar-refractivity contribution in [3.63, 3.8) is 0 Å². The van der Waals surface area contributed by atoms with Crippen LogP contribution in [-0.2, 0) is 11.3 Å². The molecule has 2 heterocycles. The molecule has 2 aliphatic rings. The summed E-state index contributed by atoms with van der Waals surface area (Å²) in [6, 6.07) is 3.99. The largest absolute Gasteiger partial charge is 0.374 e. The van der Waals surface area contributed by atoms with E-state index in [1.807, 2.05) is 18.3 Å². The van der Waals surface area contributed by atoms with Gasteiger partial charge in [-0.25, -0.2) is 0 Å². The van der Waals surface area contributed by atoms with E-state index >= 15 is 0 Å². The predicted molar refractivity (Wildman–Crippen MR) is 69.6 cm³/mol. The van der Waals surface area contributed by atoms with Crippen LogP contribution in [0.1, 0.15) is 12.1 Å². The van der Waals surface area contributed by atoms with Crippen LogP contribution in [0.2, 0.25) is 0 Å². The Balaban J connectivity index is 1.33. The molecule has 92 valence electrons. The van der Waals surface area contributed by atoms with E-state index in [1.165, 1.54) is 19.5 Å². The second-order valence-electron chi connectivity index (χ2n) is 5.04. The van der Waals surface area contributed by atoms with Gasteiger partial charge in [0.15, 0.2) is 0 Å². The molecule has 2 atom stereocenters. The van der Waals surface area contributed by atoms with Crippen molar-refractivity contribution < 1.29 is 4.74 Å². The lowest BCUT2D eigenvalue weighted by Crippen LogP contribution is -2.26. The Morgan fingerprint density at radius 1 is 1.35 bits per heavy atom. The zero-order chi connectivity index (χ0) is 11.7. The second-order valence-corrected chi connectivity index (χ2v) is 5.95. The molecule has 4 heteroatoms. The number of halogens is 1. The maximum absolute atomic E-state index is 5.65. The zero-order valence-electron chi connectivity index (χ0n) is 9.81. The molecule has 1 aliphatic heterocycles. The predicted octanol–water partition coefficient (Wildman–Crippen LogP) is 2.31. The van der Waals surface area contributed by atoms with E-state index in [1.54, 1.807) is 0 Å². The van der Waals surface area contributed by atoms with Gasteiger partial charge < -0.3 is 9.64 Å². The van der Waals surface area contributed by atoms with Crippen LogP contribution in [-0.4, -0.2) is 36.1 Å². The summed E-state index contributed by atoms with van der Waals surface area (Å²) in [5.41, 5.74) is 0.998. The van der Waals surface area contributed by atoms with Crippen molar-refractivity contribution in [1.82, 2.24) is 9.88 Å². The van der Waals surface area contributed by atoms with Gasteiger partial charge in [0.1, 0.15) is 0 Å². The number of aromatic nitrogens is 1. The van der Waals surface area contributed by atoms with E-state index in [0.29, 0.717) is 6.61 Å². The highest BCUT2D eigenvalue weighted by atomic mass is 79.9. The average molecular weight is 297 g/mol. The number of pyridine rings is 1. The zero-order valence-corrected chi connectivity index (χ0v) is 11.4. The van der Waals surface area contributed by atoms with Crippen LogP contribution in [0.25, 0.3) is 0 Å². The molecule has 0 N–H and O–H groups in total. The number of piperidine rings is 1. The highest BCUT2D eigenvalue weighted by Gasteiger charge is 2.44. The molecular formula is C13H17BrN2O. The normalized spacial score (nSPS) is 27.1. The standard InChI is InChI=1S/C13H17BrN2O/c14-12-1-2-13(15-6-12)9-17-4-3-16-7-10-5-11(10)8-16/h1-2,6,10-11H,3-5,7-9H2. The minimum atomic E-state index is 0.619.